The molecule has 0 saturated carbocycles. The molecule has 2 aromatic rings. The maximum atomic E-state index is 12.5. The minimum Gasteiger partial charge on any atom is -0.497 e. The standard InChI is InChI=1S/C22H28N2O4/c1-16(2)28-21-11-6-5-10-20(21)23-22(26)15-24(17(3)25)13-12-18-8-7-9-19(14-18)27-4/h5-11,14,16H,12-13,15H2,1-4H3,(H,23,26). The van der Waals surface area contributed by atoms with Gasteiger partial charge < -0.3 is 19.7 Å². The molecule has 6 heteroatoms. The van der Waals surface area contributed by atoms with Crippen LogP contribution in [0.15, 0.2) is 48.5 Å². The lowest BCUT2D eigenvalue weighted by molar-refractivity contribution is -0.132. The summed E-state index contributed by atoms with van der Waals surface area (Å²) in [7, 11) is 1.62. The summed E-state index contributed by atoms with van der Waals surface area (Å²) in [6.45, 7) is 5.74. The zero-order valence-corrected chi connectivity index (χ0v) is 16.9. The second kappa shape index (κ2) is 10.3. The van der Waals surface area contributed by atoms with E-state index >= 15 is 0 Å². The van der Waals surface area contributed by atoms with Gasteiger partial charge in [0.2, 0.25) is 11.8 Å². The number of carbonyl (C=O) groups is 2. The Kier molecular flexibility index (Phi) is 7.87. The summed E-state index contributed by atoms with van der Waals surface area (Å²) in [4.78, 5) is 26.0. The molecular weight excluding hydrogens is 356 g/mol. The molecule has 0 atom stereocenters. The van der Waals surface area contributed by atoms with E-state index in [9.17, 15) is 9.59 Å². The molecule has 0 saturated heterocycles. The summed E-state index contributed by atoms with van der Waals surface area (Å²) in [5.41, 5.74) is 1.64. The average molecular weight is 384 g/mol. The van der Waals surface area contributed by atoms with Gasteiger partial charge in [-0.2, -0.15) is 0 Å². The molecular formula is C22H28N2O4. The van der Waals surface area contributed by atoms with Gasteiger partial charge in [-0.1, -0.05) is 24.3 Å². The molecule has 1 N–H and O–H groups in total. The predicted octanol–water partition coefficient (Wildman–Crippen LogP) is 3.51. The van der Waals surface area contributed by atoms with Gasteiger partial charge in [-0.15, -0.1) is 0 Å². The molecule has 0 bridgehead atoms. The number of benzene rings is 2. The highest BCUT2D eigenvalue weighted by Crippen LogP contribution is 2.24. The van der Waals surface area contributed by atoms with Gasteiger partial charge >= 0.3 is 0 Å². The van der Waals surface area contributed by atoms with Crippen LogP contribution in [0.3, 0.4) is 0 Å². The number of nitrogens with one attached hydrogen (secondary N) is 1. The number of methoxy groups -OCH3 is 1. The molecule has 0 aliphatic rings. The van der Waals surface area contributed by atoms with E-state index in [2.05, 4.69) is 5.32 Å². The van der Waals surface area contributed by atoms with Gasteiger partial charge in [0.05, 0.1) is 25.4 Å². The first-order valence-corrected chi connectivity index (χ1v) is 9.33. The Morgan fingerprint density at radius 1 is 1.11 bits per heavy atom. The van der Waals surface area contributed by atoms with Crippen LogP contribution in [0.5, 0.6) is 11.5 Å². The van der Waals surface area contributed by atoms with Crippen molar-refractivity contribution in [2.45, 2.75) is 33.3 Å². The topological polar surface area (TPSA) is 67.9 Å². The smallest absolute Gasteiger partial charge is 0.244 e. The Bertz CT molecular complexity index is 805. The van der Waals surface area contributed by atoms with Gasteiger partial charge in [0, 0.05) is 13.5 Å². The van der Waals surface area contributed by atoms with Gasteiger partial charge in [0.1, 0.15) is 11.5 Å². The molecule has 0 unspecified atom stereocenters. The summed E-state index contributed by atoms with van der Waals surface area (Å²) < 4.78 is 10.9. The normalized spacial score (nSPS) is 10.5. The summed E-state index contributed by atoms with van der Waals surface area (Å²) in [5.74, 6) is 0.966. The number of ether oxygens (including phenoxy) is 2. The molecule has 0 aliphatic heterocycles. The highest BCUT2D eigenvalue weighted by Gasteiger charge is 2.15. The third-order valence-electron chi connectivity index (χ3n) is 4.11. The van der Waals surface area contributed by atoms with E-state index in [-0.39, 0.29) is 24.5 Å². The summed E-state index contributed by atoms with van der Waals surface area (Å²) >= 11 is 0. The van der Waals surface area contributed by atoms with Crippen LogP contribution >= 0.6 is 0 Å². The summed E-state index contributed by atoms with van der Waals surface area (Å²) in [6.07, 6.45) is 0.631. The van der Waals surface area contributed by atoms with E-state index in [4.69, 9.17) is 9.47 Å². The Balaban J connectivity index is 1.98. The molecule has 0 spiro atoms. The van der Waals surface area contributed by atoms with Crippen molar-refractivity contribution in [2.24, 2.45) is 0 Å². The second-order valence-electron chi connectivity index (χ2n) is 6.75. The van der Waals surface area contributed by atoms with Crippen molar-refractivity contribution in [3.8, 4) is 11.5 Å². The molecule has 0 radical (unpaired) electrons. The van der Waals surface area contributed by atoms with Crippen molar-refractivity contribution in [3.63, 3.8) is 0 Å². The summed E-state index contributed by atoms with van der Waals surface area (Å²) in [6, 6.07) is 14.9. The van der Waals surface area contributed by atoms with Crippen LogP contribution in [-0.2, 0) is 16.0 Å². The predicted molar refractivity (Wildman–Crippen MR) is 110 cm³/mol. The van der Waals surface area contributed by atoms with Crippen molar-refractivity contribution < 1.29 is 19.1 Å². The fourth-order valence-corrected chi connectivity index (χ4v) is 2.73. The number of hydrogen-bond donors (Lipinski definition) is 1. The minimum absolute atomic E-state index is 0.00497. The lowest BCUT2D eigenvalue weighted by Crippen LogP contribution is -2.38. The number of anilines is 1. The highest BCUT2D eigenvalue weighted by atomic mass is 16.5. The molecule has 150 valence electrons. The van der Waals surface area contributed by atoms with E-state index < -0.39 is 0 Å². The Morgan fingerprint density at radius 2 is 1.86 bits per heavy atom. The van der Waals surface area contributed by atoms with Crippen LogP contribution in [0.25, 0.3) is 0 Å². The minimum atomic E-state index is -0.263. The van der Waals surface area contributed by atoms with Gasteiger partial charge in [-0.25, -0.2) is 0 Å². The maximum Gasteiger partial charge on any atom is 0.244 e. The van der Waals surface area contributed by atoms with Crippen molar-refractivity contribution >= 4 is 17.5 Å². The molecule has 6 nitrogen and oxygen atoms in total. The third kappa shape index (κ3) is 6.61. The third-order valence-corrected chi connectivity index (χ3v) is 4.11. The number of nitrogens with zero attached hydrogens (tertiary/aromatic N) is 1. The van der Waals surface area contributed by atoms with Crippen LogP contribution in [0.2, 0.25) is 0 Å². The zero-order chi connectivity index (χ0) is 20.5. The van der Waals surface area contributed by atoms with Crippen molar-refractivity contribution in [3.05, 3.63) is 54.1 Å². The lowest BCUT2D eigenvalue weighted by atomic mass is 10.1. The quantitative estimate of drug-likeness (QED) is 0.718. The Hall–Kier alpha value is -3.02. The fraction of sp³-hybridized carbons (Fsp3) is 0.364. The highest BCUT2D eigenvalue weighted by molar-refractivity contribution is 5.95. The first-order chi connectivity index (χ1) is 13.4. The SMILES string of the molecule is COc1cccc(CCN(CC(=O)Nc2ccccc2OC(C)C)C(C)=O)c1. The van der Waals surface area contributed by atoms with Gasteiger partial charge in [-0.3, -0.25) is 9.59 Å². The number of para-hydroxylation sites is 2. The van der Waals surface area contributed by atoms with Crippen molar-refractivity contribution in [2.75, 3.05) is 25.5 Å². The molecule has 2 aromatic carbocycles. The largest absolute Gasteiger partial charge is 0.497 e. The van der Waals surface area contributed by atoms with E-state index in [1.807, 2.05) is 50.2 Å². The number of hydrogen-bond acceptors (Lipinski definition) is 4. The fourth-order valence-electron chi connectivity index (χ4n) is 2.73. The van der Waals surface area contributed by atoms with Gasteiger partial charge in [0.15, 0.2) is 0 Å². The first-order valence-electron chi connectivity index (χ1n) is 9.33. The van der Waals surface area contributed by atoms with Crippen molar-refractivity contribution in [1.29, 1.82) is 0 Å². The summed E-state index contributed by atoms with van der Waals surface area (Å²) in [5, 5.41) is 2.84. The van der Waals surface area contributed by atoms with Crippen LogP contribution in [-0.4, -0.2) is 43.0 Å². The van der Waals surface area contributed by atoms with Crippen LogP contribution in [0, 0.1) is 0 Å². The molecule has 2 amide bonds. The van der Waals surface area contributed by atoms with E-state index in [0.717, 1.165) is 11.3 Å². The van der Waals surface area contributed by atoms with Crippen LogP contribution in [0.4, 0.5) is 5.69 Å². The second-order valence-corrected chi connectivity index (χ2v) is 6.75. The molecule has 0 heterocycles. The van der Waals surface area contributed by atoms with Gasteiger partial charge in [-0.05, 0) is 50.1 Å². The Morgan fingerprint density at radius 3 is 2.54 bits per heavy atom. The monoisotopic (exact) mass is 384 g/mol. The molecule has 28 heavy (non-hydrogen) atoms. The van der Waals surface area contributed by atoms with Crippen molar-refractivity contribution in [1.82, 2.24) is 4.90 Å². The molecule has 0 fully saturated rings. The van der Waals surface area contributed by atoms with E-state index in [1.165, 1.54) is 11.8 Å². The Labute approximate surface area is 166 Å². The van der Waals surface area contributed by atoms with Crippen LogP contribution < -0.4 is 14.8 Å². The number of rotatable bonds is 9. The number of amides is 2. The van der Waals surface area contributed by atoms with E-state index in [1.54, 1.807) is 19.2 Å². The molecule has 0 aromatic heterocycles. The average Bonchev–Trinajstić information content (AvgIpc) is 2.66. The maximum absolute atomic E-state index is 12.5. The first kappa shape index (κ1) is 21.3. The van der Waals surface area contributed by atoms with E-state index in [0.29, 0.717) is 24.4 Å². The van der Waals surface area contributed by atoms with Gasteiger partial charge in [0.25, 0.3) is 0 Å². The zero-order valence-electron chi connectivity index (χ0n) is 16.9. The number of carbonyl (C=O) groups excluding carboxylic acids is 2. The molecule has 2 rings (SSSR count). The molecule has 0 aliphatic carbocycles. The lowest BCUT2D eigenvalue weighted by Gasteiger charge is -2.21. The van der Waals surface area contributed by atoms with Crippen LogP contribution in [0.1, 0.15) is 26.3 Å².